The van der Waals surface area contributed by atoms with Crippen LogP contribution >= 0.6 is 0 Å². The Labute approximate surface area is 187 Å². The summed E-state index contributed by atoms with van der Waals surface area (Å²) in [4.78, 5) is 38.3. The summed E-state index contributed by atoms with van der Waals surface area (Å²) in [6, 6.07) is 12.5. The molecule has 2 aromatic rings. The highest BCUT2D eigenvalue weighted by atomic mass is 32.2. The molecule has 1 heterocycles. The standard InChI is InChI=1S/C22H25N3O6S/c1-16(26)18-4-3-5-19(14-18)23-21(27)15-25(32(2,29)30)20-8-6-17(7-9-20)22(28)24-10-12-31-13-11-24/h3-9,14H,10-13,15H2,1-2H3,(H,23,27). The van der Waals surface area contributed by atoms with Gasteiger partial charge in [-0.3, -0.25) is 18.7 Å². The van der Waals surface area contributed by atoms with E-state index in [4.69, 9.17) is 4.74 Å². The van der Waals surface area contributed by atoms with Gasteiger partial charge in [-0.1, -0.05) is 12.1 Å². The third-order valence-electron chi connectivity index (χ3n) is 4.94. The first-order chi connectivity index (χ1) is 15.1. The summed E-state index contributed by atoms with van der Waals surface area (Å²) in [7, 11) is -3.77. The van der Waals surface area contributed by atoms with E-state index >= 15 is 0 Å². The van der Waals surface area contributed by atoms with Crippen molar-refractivity contribution in [3.05, 3.63) is 59.7 Å². The van der Waals surface area contributed by atoms with Gasteiger partial charge in [0.25, 0.3) is 5.91 Å². The molecule has 1 saturated heterocycles. The average Bonchev–Trinajstić information content (AvgIpc) is 2.77. The van der Waals surface area contributed by atoms with Crippen molar-refractivity contribution in [3.63, 3.8) is 0 Å². The highest BCUT2D eigenvalue weighted by Crippen LogP contribution is 2.20. The third kappa shape index (κ3) is 5.92. The lowest BCUT2D eigenvalue weighted by atomic mass is 10.1. The smallest absolute Gasteiger partial charge is 0.254 e. The quantitative estimate of drug-likeness (QED) is 0.632. The number of nitrogens with one attached hydrogen (secondary N) is 1. The van der Waals surface area contributed by atoms with E-state index in [0.29, 0.717) is 43.1 Å². The zero-order chi connectivity index (χ0) is 23.3. The number of morpholine rings is 1. The lowest BCUT2D eigenvalue weighted by Gasteiger charge is -2.27. The molecule has 0 bridgehead atoms. The number of amides is 2. The molecule has 170 valence electrons. The highest BCUT2D eigenvalue weighted by Gasteiger charge is 2.23. The van der Waals surface area contributed by atoms with Crippen molar-refractivity contribution >= 4 is 39.0 Å². The van der Waals surface area contributed by atoms with Crippen LogP contribution in [0.3, 0.4) is 0 Å². The second-order valence-electron chi connectivity index (χ2n) is 7.41. The van der Waals surface area contributed by atoms with E-state index in [1.54, 1.807) is 35.2 Å². The predicted molar refractivity (Wildman–Crippen MR) is 120 cm³/mol. The molecule has 1 N–H and O–H groups in total. The Balaban J connectivity index is 1.74. The maximum absolute atomic E-state index is 12.6. The van der Waals surface area contributed by atoms with Gasteiger partial charge in [0.2, 0.25) is 15.9 Å². The summed E-state index contributed by atoms with van der Waals surface area (Å²) in [6.07, 6.45) is 1.00. The average molecular weight is 460 g/mol. The van der Waals surface area contributed by atoms with E-state index in [0.717, 1.165) is 10.6 Å². The van der Waals surface area contributed by atoms with Crippen LogP contribution < -0.4 is 9.62 Å². The summed E-state index contributed by atoms with van der Waals surface area (Å²) in [6.45, 7) is 2.92. The van der Waals surface area contributed by atoms with E-state index in [2.05, 4.69) is 5.32 Å². The van der Waals surface area contributed by atoms with Crippen LogP contribution in [0.2, 0.25) is 0 Å². The van der Waals surface area contributed by atoms with Crippen molar-refractivity contribution in [1.82, 2.24) is 4.90 Å². The van der Waals surface area contributed by atoms with Gasteiger partial charge in [-0.05, 0) is 43.3 Å². The van der Waals surface area contributed by atoms with Crippen LogP contribution in [-0.4, -0.2) is 70.0 Å². The summed E-state index contributed by atoms with van der Waals surface area (Å²) in [5, 5.41) is 2.61. The monoisotopic (exact) mass is 459 g/mol. The molecule has 0 unspecified atom stereocenters. The Morgan fingerprint density at radius 1 is 1.03 bits per heavy atom. The summed E-state index contributed by atoms with van der Waals surface area (Å²) < 4.78 is 30.9. The molecule has 2 amide bonds. The molecule has 9 nitrogen and oxygen atoms in total. The topological polar surface area (TPSA) is 113 Å². The van der Waals surface area contributed by atoms with Crippen LogP contribution in [0.5, 0.6) is 0 Å². The lowest BCUT2D eigenvalue weighted by Crippen LogP contribution is -2.40. The summed E-state index contributed by atoms with van der Waals surface area (Å²) in [5.74, 6) is -0.871. The Morgan fingerprint density at radius 3 is 2.28 bits per heavy atom. The third-order valence-corrected chi connectivity index (χ3v) is 6.08. The van der Waals surface area contributed by atoms with Gasteiger partial charge in [-0.25, -0.2) is 8.42 Å². The van der Waals surface area contributed by atoms with E-state index in [1.165, 1.54) is 25.1 Å². The molecule has 2 aromatic carbocycles. The zero-order valence-electron chi connectivity index (χ0n) is 17.9. The fourth-order valence-electron chi connectivity index (χ4n) is 3.27. The van der Waals surface area contributed by atoms with Crippen molar-refractivity contribution < 1.29 is 27.5 Å². The Kier molecular flexibility index (Phi) is 7.26. The normalized spacial score (nSPS) is 14.0. The first kappa shape index (κ1) is 23.4. The molecule has 0 spiro atoms. The second kappa shape index (κ2) is 9.92. The molecule has 3 rings (SSSR count). The number of Topliss-reactive ketones (excluding diaryl/α,β-unsaturated/α-hetero) is 1. The molecule has 0 atom stereocenters. The van der Waals surface area contributed by atoms with Crippen LogP contribution in [0.25, 0.3) is 0 Å². The molecule has 1 aliphatic rings. The number of nitrogens with zero attached hydrogens (tertiary/aromatic N) is 2. The number of anilines is 2. The van der Waals surface area contributed by atoms with E-state index in [9.17, 15) is 22.8 Å². The van der Waals surface area contributed by atoms with Gasteiger partial charge in [-0.2, -0.15) is 0 Å². The number of sulfonamides is 1. The van der Waals surface area contributed by atoms with Gasteiger partial charge in [0.1, 0.15) is 6.54 Å². The molecule has 0 radical (unpaired) electrons. The van der Waals surface area contributed by atoms with Crippen LogP contribution in [0.15, 0.2) is 48.5 Å². The molecule has 0 aliphatic carbocycles. The van der Waals surface area contributed by atoms with Gasteiger partial charge in [0.15, 0.2) is 5.78 Å². The molecule has 1 fully saturated rings. The minimum absolute atomic E-state index is 0.148. The minimum atomic E-state index is -3.77. The fourth-order valence-corrected chi connectivity index (χ4v) is 4.12. The number of carbonyl (C=O) groups is 3. The van der Waals surface area contributed by atoms with Gasteiger partial charge in [0.05, 0.1) is 25.2 Å². The Bertz CT molecular complexity index is 1110. The first-order valence-electron chi connectivity index (χ1n) is 10.0. The Morgan fingerprint density at radius 2 is 1.69 bits per heavy atom. The van der Waals surface area contributed by atoms with Crippen molar-refractivity contribution in [1.29, 1.82) is 0 Å². The number of ketones is 1. The largest absolute Gasteiger partial charge is 0.378 e. The number of rotatable bonds is 7. The number of hydrogen-bond donors (Lipinski definition) is 1. The second-order valence-corrected chi connectivity index (χ2v) is 9.31. The number of ether oxygens (including phenoxy) is 1. The van der Waals surface area contributed by atoms with Crippen LogP contribution in [0.1, 0.15) is 27.6 Å². The fraction of sp³-hybridized carbons (Fsp3) is 0.318. The minimum Gasteiger partial charge on any atom is -0.378 e. The maximum atomic E-state index is 12.6. The molecule has 10 heteroatoms. The van der Waals surface area contributed by atoms with Gasteiger partial charge < -0.3 is 15.0 Å². The molecule has 1 aliphatic heterocycles. The molecular weight excluding hydrogens is 434 g/mol. The maximum Gasteiger partial charge on any atom is 0.254 e. The van der Waals surface area contributed by atoms with Crippen LogP contribution in [0.4, 0.5) is 11.4 Å². The van der Waals surface area contributed by atoms with Crippen molar-refractivity contribution in [2.24, 2.45) is 0 Å². The SMILES string of the molecule is CC(=O)c1cccc(NC(=O)CN(c2ccc(C(=O)N3CCOCC3)cc2)S(C)(=O)=O)c1. The highest BCUT2D eigenvalue weighted by molar-refractivity contribution is 7.92. The number of hydrogen-bond acceptors (Lipinski definition) is 6. The Hall–Kier alpha value is -3.24. The summed E-state index contributed by atoms with van der Waals surface area (Å²) in [5.41, 5.74) is 1.51. The first-order valence-corrected chi connectivity index (χ1v) is 11.9. The molecular formula is C22H25N3O6S. The number of carbonyl (C=O) groups excluding carboxylic acids is 3. The summed E-state index contributed by atoms with van der Waals surface area (Å²) >= 11 is 0. The van der Waals surface area contributed by atoms with Gasteiger partial charge >= 0.3 is 0 Å². The van der Waals surface area contributed by atoms with E-state index < -0.39 is 22.5 Å². The van der Waals surface area contributed by atoms with Crippen molar-refractivity contribution in [2.75, 3.05) is 48.7 Å². The van der Waals surface area contributed by atoms with E-state index in [-0.39, 0.29) is 17.4 Å². The van der Waals surface area contributed by atoms with Crippen LogP contribution in [0, 0.1) is 0 Å². The number of benzene rings is 2. The van der Waals surface area contributed by atoms with Crippen LogP contribution in [-0.2, 0) is 19.6 Å². The van der Waals surface area contributed by atoms with E-state index in [1.807, 2.05) is 0 Å². The lowest BCUT2D eigenvalue weighted by molar-refractivity contribution is -0.114. The molecule has 32 heavy (non-hydrogen) atoms. The van der Waals surface area contributed by atoms with Gasteiger partial charge in [0, 0.05) is 29.9 Å². The predicted octanol–water partition coefficient (Wildman–Crippen LogP) is 1.77. The molecule has 0 aromatic heterocycles. The van der Waals surface area contributed by atoms with Gasteiger partial charge in [-0.15, -0.1) is 0 Å². The van der Waals surface area contributed by atoms with Crippen molar-refractivity contribution in [3.8, 4) is 0 Å². The zero-order valence-corrected chi connectivity index (χ0v) is 18.7. The van der Waals surface area contributed by atoms with Crippen molar-refractivity contribution in [2.45, 2.75) is 6.92 Å². The molecule has 0 saturated carbocycles.